The molecule has 0 radical (unpaired) electrons. The van der Waals surface area contributed by atoms with Crippen LogP contribution in [0, 0.1) is 0 Å². The largest absolute Gasteiger partial charge is 0.314 e. The third kappa shape index (κ3) is 5.07. The van der Waals surface area contributed by atoms with Crippen molar-refractivity contribution in [2.75, 3.05) is 4.90 Å². The molecule has 0 fully saturated rings. The first-order chi connectivity index (χ1) is 21.1. The predicted octanol–water partition coefficient (Wildman–Crippen LogP) is 12.7. The van der Waals surface area contributed by atoms with E-state index in [4.69, 9.17) is 0 Å². The van der Waals surface area contributed by atoms with Crippen LogP contribution in [0.2, 0.25) is 0 Å². The van der Waals surface area contributed by atoms with Gasteiger partial charge in [0.25, 0.3) is 0 Å². The highest BCUT2D eigenvalue weighted by atomic mass is 15.1. The summed E-state index contributed by atoms with van der Waals surface area (Å²) in [4.78, 5) is 2.39. The SMILES string of the molecule is C=C/C=C(\C)N(C(/C=C\CC)=C/C)c1cc2c(c3ccccc13)-c1cc3c(cc1C2(C)C)C(/C=C\C)=C(C=C)C3(C)C.CC. The Morgan fingerprint density at radius 2 is 1.50 bits per heavy atom. The van der Waals surface area contributed by atoms with Crippen LogP contribution in [-0.2, 0) is 10.8 Å². The van der Waals surface area contributed by atoms with Crippen LogP contribution in [0.3, 0.4) is 0 Å². The van der Waals surface area contributed by atoms with Crippen molar-refractivity contribution in [1.29, 1.82) is 0 Å². The average molecular weight is 582 g/mol. The lowest BCUT2D eigenvalue weighted by molar-refractivity contribution is 0.647. The summed E-state index contributed by atoms with van der Waals surface area (Å²) < 4.78 is 0. The Labute approximate surface area is 267 Å². The van der Waals surface area contributed by atoms with E-state index in [-0.39, 0.29) is 10.8 Å². The van der Waals surface area contributed by atoms with E-state index in [1.165, 1.54) is 61.0 Å². The molecule has 0 amide bonds. The van der Waals surface area contributed by atoms with Gasteiger partial charge in [-0.3, -0.25) is 0 Å². The Morgan fingerprint density at radius 1 is 0.864 bits per heavy atom. The number of rotatable bonds is 8. The molecule has 228 valence electrons. The van der Waals surface area contributed by atoms with Crippen molar-refractivity contribution < 1.29 is 0 Å². The fraction of sp³-hybridized carbons (Fsp3) is 0.302. The fourth-order valence-electron chi connectivity index (χ4n) is 7.19. The van der Waals surface area contributed by atoms with Crippen LogP contribution in [-0.4, -0.2) is 0 Å². The summed E-state index contributed by atoms with van der Waals surface area (Å²) in [5.41, 5.74) is 14.0. The van der Waals surface area contributed by atoms with Gasteiger partial charge >= 0.3 is 0 Å². The zero-order valence-corrected chi connectivity index (χ0v) is 28.7. The maximum atomic E-state index is 4.22. The third-order valence-electron chi connectivity index (χ3n) is 9.29. The minimum absolute atomic E-state index is 0.112. The molecule has 44 heavy (non-hydrogen) atoms. The van der Waals surface area contributed by atoms with Gasteiger partial charge in [-0.2, -0.15) is 0 Å². The summed E-state index contributed by atoms with van der Waals surface area (Å²) in [6.45, 7) is 30.3. The van der Waals surface area contributed by atoms with Gasteiger partial charge in [-0.25, -0.2) is 0 Å². The Kier molecular flexibility index (Phi) is 9.59. The van der Waals surface area contributed by atoms with Gasteiger partial charge in [0.15, 0.2) is 0 Å². The first-order valence-corrected chi connectivity index (χ1v) is 16.3. The molecule has 0 heterocycles. The van der Waals surface area contributed by atoms with Crippen molar-refractivity contribution in [3.05, 3.63) is 143 Å². The third-order valence-corrected chi connectivity index (χ3v) is 9.29. The molecule has 0 saturated carbocycles. The molecule has 0 aliphatic heterocycles. The number of hydrogen-bond donors (Lipinski definition) is 0. The van der Waals surface area contributed by atoms with Crippen molar-refractivity contribution in [2.45, 2.75) is 86.5 Å². The van der Waals surface area contributed by atoms with Crippen LogP contribution in [0.15, 0.2) is 121 Å². The minimum atomic E-state index is -0.169. The summed E-state index contributed by atoms with van der Waals surface area (Å²) in [6.07, 6.45) is 18.1. The molecule has 2 aliphatic carbocycles. The van der Waals surface area contributed by atoms with Crippen molar-refractivity contribution in [3.63, 3.8) is 0 Å². The molecule has 3 aromatic carbocycles. The van der Waals surface area contributed by atoms with E-state index >= 15 is 0 Å². The molecule has 0 saturated heterocycles. The fourth-order valence-corrected chi connectivity index (χ4v) is 7.19. The van der Waals surface area contributed by atoms with Gasteiger partial charge in [-0.15, -0.1) is 0 Å². The zero-order chi connectivity index (χ0) is 32.4. The van der Waals surface area contributed by atoms with Crippen molar-refractivity contribution in [2.24, 2.45) is 0 Å². The minimum Gasteiger partial charge on any atom is -0.314 e. The lowest BCUT2D eigenvalue weighted by Gasteiger charge is -2.31. The number of hydrogen-bond acceptors (Lipinski definition) is 1. The maximum Gasteiger partial charge on any atom is 0.0540 e. The van der Waals surface area contributed by atoms with Gasteiger partial charge in [0.2, 0.25) is 0 Å². The maximum absolute atomic E-state index is 4.22. The molecule has 0 atom stereocenters. The smallest absolute Gasteiger partial charge is 0.0540 e. The van der Waals surface area contributed by atoms with Gasteiger partial charge in [-0.1, -0.05) is 122 Å². The second-order valence-corrected chi connectivity index (χ2v) is 12.5. The van der Waals surface area contributed by atoms with E-state index < -0.39 is 0 Å². The van der Waals surface area contributed by atoms with E-state index in [2.05, 4.69) is 158 Å². The van der Waals surface area contributed by atoms with E-state index in [1.54, 1.807) is 0 Å². The van der Waals surface area contributed by atoms with E-state index in [0.717, 1.165) is 17.8 Å². The van der Waals surface area contributed by atoms with Crippen molar-refractivity contribution >= 4 is 22.0 Å². The summed E-state index contributed by atoms with van der Waals surface area (Å²) in [5, 5.41) is 2.55. The van der Waals surface area contributed by atoms with E-state index in [9.17, 15) is 0 Å². The van der Waals surface area contributed by atoms with Crippen molar-refractivity contribution in [3.8, 4) is 11.1 Å². The summed E-state index contributed by atoms with van der Waals surface area (Å²) in [6, 6.07) is 16.4. The molecule has 0 unspecified atom stereocenters. The molecule has 3 aromatic rings. The predicted molar refractivity (Wildman–Crippen MR) is 197 cm³/mol. The van der Waals surface area contributed by atoms with Gasteiger partial charge < -0.3 is 4.90 Å². The number of fused-ring (bicyclic) bond motifs is 6. The quantitative estimate of drug-likeness (QED) is 0.239. The Balaban J connectivity index is 0.00000216. The Hall–Kier alpha value is -4.10. The molecule has 0 bridgehead atoms. The van der Waals surface area contributed by atoms with Crippen LogP contribution >= 0.6 is 0 Å². The standard InChI is InChI=1S/C41H45N.C2H6/c1-11-16-21-28(14-4)42(27(6)19-12-2)38-26-37-39(31-23-18-17-22-30(31)38)33-25-35-32(24-36(33)41(37,9)10)29(20-13-3)34(15-5)40(35,7)8;1-2/h12-26H,2,5,11H2,1,3-4,6-10H3;1-2H3/b20-13-,21-16-,27-19+,28-14+;. The van der Waals surface area contributed by atoms with E-state index in [0.29, 0.717) is 0 Å². The lowest BCUT2D eigenvalue weighted by atomic mass is 9.78. The highest BCUT2D eigenvalue weighted by Gasteiger charge is 2.42. The molecular weight excluding hydrogens is 530 g/mol. The number of allylic oxidation sites excluding steroid dienone is 11. The molecule has 5 rings (SSSR count). The number of anilines is 1. The molecule has 1 nitrogen and oxygen atoms in total. The zero-order valence-electron chi connectivity index (χ0n) is 28.7. The molecule has 1 heteroatoms. The van der Waals surface area contributed by atoms with Gasteiger partial charge in [0, 0.05) is 27.6 Å². The highest BCUT2D eigenvalue weighted by Crippen LogP contribution is 2.57. The normalized spacial score (nSPS) is 16.6. The van der Waals surface area contributed by atoms with Gasteiger partial charge in [0.05, 0.1) is 5.69 Å². The molecule has 0 spiro atoms. The van der Waals surface area contributed by atoms with Crippen LogP contribution in [0.4, 0.5) is 5.69 Å². The summed E-state index contributed by atoms with van der Waals surface area (Å²) >= 11 is 0. The Morgan fingerprint density at radius 3 is 2.09 bits per heavy atom. The van der Waals surface area contributed by atoms with E-state index in [1.807, 2.05) is 19.9 Å². The summed E-state index contributed by atoms with van der Waals surface area (Å²) in [7, 11) is 0. The first kappa shape index (κ1) is 32.8. The second-order valence-electron chi connectivity index (χ2n) is 12.5. The van der Waals surface area contributed by atoms with Crippen LogP contribution in [0.5, 0.6) is 0 Å². The molecule has 0 aromatic heterocycles. The van der Waals surface area contributed by atoms with Crippen LogP contribution in [0.1, 0.15) is 97.9 Å². The first-order valence-electron chi connectivity index (χ1n) is 16.3. The van der Waals surface area contributed by atoms with Crippen LogP contribution < -0.4 is 4.90 Å². The second kappa shape index (κ2) is 12.9. The molecule has 0 N–H and O–H groups in total. The van der Waals surface area contributed by atoms with Gasteiger partial charge in [-0.05, 0) is 107 Å². The van der Waals surface area contributed by atoms with Crippen molar-refractivity contribution in [1.82, 2.24) is 0 Å². The molecule has 2 aliphatic rings. The van der Waals surface area contributed by atoms with Gasteiger partial charge in [0.1, 0.15) is 0 Å². The lowest BCUT2D eigenvalue weighted by Crippen LogP contribution is -2.21. The monoisotopic (exact) mass is 581 g/mol. The number of nitrogens with zero attached hydrogens (tertiary/aromatic N) is 1. The highest BCUT2D eigenvalue weighted by molar-refractivity contribution is 6.09. The van der Waals surface area contributed by atoms with Crippen LogP contribution in [0.25, 0.3) is 27.5 Å². The topological polar surface area (TPSA) is 3.24 Å². The summed E-state index contributed by atoms with van der Waals surface area (Å²) in [5.74, 6) is 0. The average Bonchev–Trinajstić information content (AvgIpc) is 3.37. The number of benzene rings is 3. The Bertz CT molecular complexity index is 1760. The molecular formula is C43H51N.